The van der Waals surface area contributed by atoms with Crippen LogP contribution in [0.15, 0.2) is 11.1 Å². The van der Waals surface area contributed by atoms with Crippen molar-refractivity contribution in [1.82, 2.24) is 19.5 Å². The van der Waals surface area contributed by atoms with E-state index in [1.54, 1.807) is 17.9 Å². The van der Waals surface area contributed by atoms with E-state index in [4.69, 9.17) is 5.11 Å². The molecule has 0 aromatic carbocycles. The molecule has 2 heterocycles. The van der Waals surface area contributed by atoms with Gasteiger partial charge in [-0.05, 0) is 0 Å². The van der Waals surface area contributed by atoms with Gasteiger partial charge in [-0.15, -0.1) is 0 Å². The van der Waals surface area contributed by atoms with Crippen LogP contribution in [0.3, 0.4) is 0 Å². The second kappa shape index (κ2) is 3.70. The summed E-state index contributed by atoms with van der Waals surface area (Å²) in [5, 5.41) is 11.6. The average Bonchev–Trinajstić information content (AvgIpc) is 2.56. The van der Waals surface area contributed by atoms with E-state index in [0.29, 0.717) is 23.5 Å². The number of aliphatic hydroxyl groups is 1. The van der Waals surface area contributed by atoms with Crippen molar-refractivity contribution in [3.63, 3.8) is 0 Å². The van der Waals surface area contributed by atoms with Crippen LogP contribution in [-0.2, 0) is 7.05 Å². The SMILES string of the molecule is Cn1cnc2[nH]c(=O)nc(NCCO)c21. The van der Waals surface area contributed by atoms with Gasteiger partial charge in [-0.25, -0.2) is 9.78 Å². The molecule has 2 aromatic rings. The molecular weight excluding hydrogens is 198 g/mol. The maximum absolute atomic E-state index is 11.2. The lowest BCUT2D eigenvalue weighted by Gasteiger charge is -2.04. The second-order valence-electron chi connectivity index (χ2n) is 3.09. The maximum Gasteiger partial charge on any atom is 0.348 e. The van der Waals surface area contributed by atoms with Gasteiger partial charge in [0.2, 0.25) is 0 Å². The number of H-pyrrole nitrogens is 1. The highest BCUT2D eigenvalue weighted by atomic mass is 16.3. The number of rotatable bonds is 3. The first kappa shape index (κ1) is 9.66. The third-order valence-electron chi connectivity index (χ3n) is 2.00. The van der Waals surface area contributed by atoms with Gasteiger partial charge in [-0.3, -0.25) is 4.98 Å². The molecule has 0 bridgehead atoms. The van der Waals surface area contributed by atoms with Crippen molar-refractivity contribution >= 4 is 17.0 Å². The highest BCUT2D eigenvalue weighted by Crippen LogP contribution is 2.14. The van der Waals surface area contributed by atoms with Crippen LogP contribution in [-0.4, -0.2) is 37.8 Å². The first-order chi connectivity index (χ1) is 7.22. The van der Waals surface area contributed by atoms with E-state index < -0.39 is 5.69 Å². The summed E-state index contributed by atoms with van der Waals surface area (Å²) in [6, 6.07) is 0. The van der Waals surface area contributed by atoms with Crippen molar-refractivity contribution in [3.8, 4) is 0 Å². The maximum atomic E-state index is 11.2. The van der Waals surface area contributed by atoms with Crippen molar-refractivity contribution in [3.05, 3.63) is 16.8 Å². The van der Waals surface area contributed by atoms with Gasteiger partial charge in [0.15, 0.2) is 11.5 Å². The first-order valence-electron chi connectivity index (χ1n) is 4.48. The number of aliphatic hydroxyl groups excluding tert-OH is 1. The van der Waals surface area contributed by atoms with E-state index in [9.17, 15) is 4.79 Å². The molecule has 0 aliphatic heterocycles. The van der Waals surface area contributed by atoms with Crippen LogP contribution in [0.2, 0.25) is 0 Å². The van der Waals surface area contributed by atoms with Crippen LogP contribution in [0.25, 0.3) is 11.2 Å². The standard InChI is InChI=1S/C8H11N5O2/c1-13-4-10-7-5(13)6(9-2-3-14)11-8(15)12-7/h4,14H,2-3H2,1H3,(H2,9,11,12,15). The van der Waals surface area contributed by atoms with Crippen molar-refractivity contribution in [2.45, 2.75) is 0 Å². The number of aryl methyl sites for hydroxylation is 1. The number of hydrogen-bond acceptors (Lipinski definition) is 5. The Morgan fingerprint density at radius 1 is 1.67 bits per heavy atom. The average molecular weight is 209 g/mol. The molecule has 0 saturated heterocycles. The number of imidazole rings is 1. The normalized spacial score (nSPS) is 10.8. The number of hydrogen-bond donors (Lipinski definition) is 3. The Morgan fingerprint density at radius 2 is 2.47 bits per heavy atom. The third-order valence-corrected chi connectivity index (χ3v) is 2.00. The number of nitrogens with zero attached hydrogens (tertiary/aromatic N) is 3. The van der Waals surface area contributed by atoms with E-state index in [1.807, 2.05) is 0 Å². The molecule has 80 valence electrons. The lowest BCUT2D eigenvalue weighted by atomic mass is 10.4. The Balaban J connectivity index is 2.58. The monoisotopic (exact) mass is 209 g/mol. The molecule has 0 aliphatic carbocycles. The van der Waals surface area contributed by atoms with E-state index in [2.05, 4.69) is 20.3 Å². The Kier molecular flexibility index (Phi) is 2.38. The van der Waals surface area contributed by atoms with E-state index in [0.717, 1.165) is 0 Å². The van der Waals surface area contributed by atoms with Crippen molar-refractivity contribution in [2.24, 2.45) is 7.05 Å². The van der Waals surface area contributed by atoms with Crippen molar-refractivity contribution in [2.75, 3.05) is 18.5 Å². The Morgan fingerprint density at radius 3 is 3.20 bits per heavy atom. The molecule has 0 radical (unpaired) electrons. The summed E-state index contributed by atoms with van der Waals surface area (Å²) in [4.78, 5) is 21.5. The molecule has 0 saturated carbocycles. The van der Waals surface area contributed by atoms with Gasteiger partial charge in [-0.2, -0.15) is 4.98 Å². The first-order valence-corrected chi connectivity index (χ1v) is 4.48. The molecule has 0 unspecified atom stereocenters. The molecule has 3 N–H and O–H groups in total. The summed E-state index contributed by atoms with van der Waals surface area (Å²) >= 11 is 0. The molecule has 2 rings (SSSR count). The van der Waals surface area contributed by atoms with E-state index in [-0.39, 0.29) is 6.61 Å². The quantitative estimate of drug-likeness (QED) is 0.606. The van der Waals surface area contributed by atoms with E-state index >= 15 is 0 Å². The van der Waals surface area contributed by atoms with Gasteiger partial charge in [0.05, 0.1) is 12.9 Å². The predicted octanol–water partition coefficient (Wildman–Crippen LogP) is -0.939. The molecule has 0 aliphatic rings. The topological polar surface area (TPSA) is 95.8 Å². The van der Waals surface area contributed by atoms with Crippen LogP contribution in [0.4, 0.5) is 5.82 Å². The van der Waals surface area contributed by atoms with Crippen molar-refractivity contribution in [1.29, 1.82) is 0 Å². The molecule has 0 fully saturated rings. The number of nitrogens with one attached hydrogen (secondary N) is 2. The minimum atomic E-state index is -0.457. The number of anilines is 1. The largest absolute Gasteiger partial charge is 0.395 e. The fourth-order valence-corrected chi connectivity index (χ4v) is 1.38. The summed E-state index contributed by atoms with van der Waals surface area (Å²) in [7, 11) is 1.81. The van der Waals surface area contributed by atoms with Gasteiger partial charge >= 0.3 is 5.69 Å². The molecule has 2 aromatic heterocycles. The highest BCUT2D eigenvalue weighted by molar-refractivity contribution is 5.82. The van der Waals surface area contributed by atoms with Gasteiger partial charge in [0.1, 0.15) is 5.52 Å². The summed E-state index contributed by atoms with van der Waals surface area (Å²) in [5.41, 5.74) is 0.739. The summed E-state index contributed by atoms with van der Waals surface area (Å²) in [6.07, 6.45) is 1.59. The van der Waals surface area contributed by atoms with Crippen LogP contribution in [0.1, 0.15) is 0 Å². The number of aromatic amines is 1. The molecule has 0 atom stereocenters. The molecule has 7 nitrogen and oxygen atoms in total. The molecular formula is C8H11N5O2. The second-order valence-corrected chi connectivity index (χ2v) is 3.09. The van der Waals surface area contributed by atoms with E-state index in [1.165, 1.54) is 0 Å². The number of fused-ring (bicyclic) bond motifs is 1. The van der Waals surface area contributed by atoms with Gasteiger partial charge < -0.3 is 15.0 Å². The Hall–Kier alpha value is -1.89. The van der Waals surface area contributed by atoms with Crippen LogP contribution in [0.5, 0.6) is 0 Å². The number of aromatic nitrogens is 4. The molecule has 0 amide bonds. The molecule has 0 spiro atoms. The van der Waals surface area contributed by atoms with Gasteiger partial charge in [-0.1, -0.05) is 0 Å². The summed E-state index contributed by atoms with van der Waals surface area (Å²) in [6.45, 7) is 0.324. The zero-order valence-electron chi connectivity index (χ0n) is 8.19. The zero-order valence-corrected chi connectivity index (χ0v) is 8.19. The Labute approximate surface area is 84.8 Å². The summed E-state index contributed by atoms with van der Waals surface area (Å²) in [5.74, 6) is 0.433. The summed E-state index contributed by atoms with van der Waals surface area (Å²) < 4.78 is 1.75. The molecule has 7 heteroatoms. The third kappa shape index (κ3) is 1.68. The molecule has 15 heavy (non-hydrogen) atoms. The lowest BCUT2D eigenvalue weighted by Crippen LogP contribution is -2.16. The highest BCUT2D eigenvalue weighted by Gasteiger charge is 2.08. The van der Waals surface area contributed by atoms with Gasteiger partial charge in [0, 0.05) is 13.6 Å². The zero-order chi connectivity index (χ0) is 10.8. The minimum absolute atomic E-state index is 0.0200. The predicted molar refractivity (Wildman–Crippen MR) is 54.7 cm³/mol. The van der Waals surface area contributed by atoms with Gasteiger partial charge in [0.25, 0.3) is 0 Å². The lowest BCUT2D eigenvalue weighted by molar-refractivity contribution is 0.311. The Bertz CT molecular complexity index is 529. The van der Waals surface area contributed by atoms with Crippen LogP contribution < -0.4 is 11.0 Å². The minimum Gasteiger partial charge on any atom is -0.395 e. The fourth-order valence-electron chi connectivity index (χ4n) is 1.38. The smallest absolute Gasteiger partial charge is 0.348 e. The van der Waals surface area contributed by atoms with Crippen LogP contribution >= 0.6 is 0 Å². The van der Waals surface area contributed by atoms with Crippen LogP contribution in [0, 0.1) is 0 Å². The van der Waals surface area contributed by atoms with Crippen molar-refractivity contribution < 1.29 is 5.11 Å². The fraction of sp³-hybridized carbons (Fsp3) is 0.375.